The predicted molar refractivity (Wildman–Crippen MR) is 188 cm³/mol. The Balaban J connectivity index is 1.26. The normalized spacial score (nSPS) is 16.2. The molecule has 44 heavy (non-hydrogen) atoms. The highest BCUT2D eigenvalue weighted by Crippen LogP contribution is 2.63. The molecule has 1 aliphatic heterocycles. The molecule has 1 N–H and O–H groups in total. The molecule has 0 bridgehead atoms. The van der Waals surface area contributed by atoms with Gasteiger partial charge in [0.2, 0.25) is 0 Å². The van der Waals surface area contributed by atoms with E-state index in [1.54, 1.807) is 0 Å². The summed E-state index contributed by atoms with van der Waals surface area (Å²) < 4.78 is 2.62. The average Bonchev–Trinajstić information content (AvgIpc) is 3.59. The summed E-state index contributed by atoms with van der Waals surface area (Å²) in [7, 11) is 0. The number of hydrogen-bond acceptors (Lipinski definition) is 3. The quantitative estimate of drug-likeness (QED) is 0.213. The van der Waals surface area contributed by atoms with Gasteiger partial charge in [-0.05, 0) is 80.6 Å². The zero-order valence-corrected chi connectivity index (χ0v) is 25.3. The molecule has 0 fully saturated rings. The number of rotatable bonds is 2. The Hall–Kier alpha value is -4.83. The molecule has 1 nitrogen and oxygen atoms in total. The molecule has 3 heteroatoms. The fourth-order valence-corrected chi connectivity index (χ4v) is 10.1. The number of hydrogen-bond donors (Lipinski definition) is 1. The van der Waals surface area contributed by atoms with Gasteiger partial charge in [0.1, 0.15) is 0 Å². The summed E-state index contributed by atoms with van der Waals surface area (Å²) in [6, 6.07) is 54.0. The van der Waals surface area contributed by atoms with E-state index in [1.165, 1.54) is 74.1 Å². The van der Waals surface area contributed by atoms with Crippen molar-refractivity contribution < 1.29 is 0 Å². The fourth-order valence-electron chi connectivity index (χ4n) is 7.70. The van der Waals surface area contributed by atoms with Crippen molar-refractivity contribution in [3.63, 3.8) is 0 Å². The second-order valence-corrected chi connectivity index (χ2v) is 13.8. The first-order valence-corrected chi connectivity index (χ1v) is 16.7. The number of fused-ring (bicyclic) bond motifs is 13. The van der Waals surface area contributed by atoms with Crippen LogP contribution in [0, 0.1) is 0 Å². The van der Waals surface area contributed by atoms with E-state index in [4.69, 9.17) is 0 Å². The smallest absolute Gasteiger partial charge is 0.0736 e. The fraction of sp³-hybridized carbons (Fsp3) is 0.0244. The molecule has 1 aromatic heterocycles. The van der Waals surface area contributed by atoms with Crippen LogP contribution in [0.4, 0.5) is 11.4 Å². The van der Waals surface area contributed by atoms with Gasteiger partial charge in [-0.25, -0.2) is 0 Å². The van der Waals surface area contributed by atoms with E-state index in [1.807, 2.05) is 23.1 Å². The molecule has 0 saturated heterocycles. The van der Waals surface area contributed by atoms with Crippen molar-refractivity contribution >= 4 is 65.4 Å². The van der Waals surface area contributed by atoms with Crippen LogP contribution < -0.4 is 5.32 Å². The number of benzene rings is 7. The Labute approximate surface area is 263 Å². The Morgan fingerprint density at radius 2 is 1.16 bits per heavy atom. The summed E-state index contributed by atoms with van der Waals surface area (Å²) in [6.45, 7) is 0. The van der Waals surface area contributed by atoms with E-state index in [0.29, 0.717) is 0 Å². The molecule has 1 atom stereocenters. The van der Waals surface area contributed by atoms with Gasteiger partial charge in [-0.1, -0.05) is 121 Å². The summed E-state index contributed by atoms with van der Waals surface area (Å²) in [4.78, 5) is 2.60. The van der Waals surface area contributed by atoms with E-state index in [0.717, 1.165) is 11.4 Å². The number of thiophene rings is 1. The third kappa shape index (κ3) is 3.21. The van der Waals surface area contributed by atoms with Crippen LogP contribution in [-0.2, 0) is 5.41 Å². The molecular weight excluding hydrogens is 571 g/mol. The van der Waals surface area contributed by atoms with Crippen LogP contribution in [0.2, 0.25) is 0 Å². The molecule has 1 aliphatic carbocycles. The minimum absolute atomic E-state index is 0.408. The van der Waals surface area contributed by atoms with Crippen molar-refractivity contribution in [2.45, 2.75) is 15.2 Å². The van der Waals surface area contributed by atoms with Gasteiger partial charge >= 0.3 is 0 Å². The third-order valence-corrected chi connectivity index (χ3v) is 11.9. The van der Waals surface area contributed by atoms with Gasteiger partial charge in [0.25, 0.3) is 0 Å². The highest BCUT2D eigenvalue weighted by Gasteiger charge is 2.50. The first-order valence-electron chi connectivity index (χ1n) is 15.0. The first-order chi connectivity index (χ1) is 21.8. The maximum atomic E-state index is 3.94. The summed E-state index contributed by atoms with van der Waals surface area (Å²) in [5.41, 5.74) is 10.0. The number of nitrogens with one attached hydrogen (secondary N) is 1. The van der Waals surface area contributed by atoms with E-state index in [9.17, 15) is 0 Å². The zero-order valence-electron chi connectivity index (χ0n) is 23.7. The summed E-state index contributed by atoms with van der Waals surface area (Å²) >= 11 is 3.76. The van der Waals surface area contributed by atoms with Crippen molar-refractivity contribution in [2.75, 3.05) is 5.32 Å². The second-order valence-electron chi connectivity index (χ2n) is 11.7. The molecule has 8 aromatic rings. The number of anilines is 2. The molecule has 206 valence electrons. The minimum Gasteiger partial charge on any atom is -0.353 e. The van der Waals surface area contributed by atoms with Crippen LogP contribution in [0.15, 0.2) is 155 Å². The predicted octanol–water partition coefficient (Wildman–Crippen LogP) is 11.8. The van der Waals surface area contributed by atoms with Crippen LogP contribution in [0.5, 0.6) is 0 Å². The molecule has 1 unspecified atom stereocenters. The molecule has 1 spiro atoms. The van der Waals surface area contributed by atoms with Gasteiger partial charge < -0.3 is 5.32 Å². The van der Waals surface area contributed by atoms with E-state index >= 15 is 0 Å². The Kier molecular flexibility index (Phi) is 5.08. The Morgan fingerprint density at radius 1 is 0.477 bits per heavy atom. The third-order valence-electron chi connectivity index (χ3n) is 9.51. The SMILES string of the molecule is c1ccc2c(c1)Sc1c(Nc3cccc4c3sc3ccccc34)cccc1C21c2ccccc2-c2cc3ccccc3cc21. The van der Waals surface area contributed by atoms with Crippen LogP contribution in [-0.4, -0.2) is 0 Å². The molecule has 2 aliphatic rings. The summed E-state index contributed by atoms with van der Waals surface area (Å²) in [6.07, 6.45) is 0. The van der Waals surface area contributed by atoms with Crippen molar-refractivity contribution in [1.82, 2.24) is 0 Å². The van der Waals surface area contributed by atoms with Crippen molar-refractivity contribution in [3.8, 4) is 11.1 Å². The van der Waals surface area contributed by atoms with Gasteiger partial charge in [0.15, 0.2) is 0 Å². The highest BCUT2D eigenvalue weighted by atomic mass is 32.2. The monoisotopic (exact) mass is 595 g/mol. The lowest BCUT2D eigenvalue weighted by molar-refractivity contribution is 0.724. The van der Waals surface area contributed by atoms with Crippen molar-refractivity contribution in [2.24, 2.45) is 0 Å². The molecule has 0 amide bonds. The molecule has 0 saturated carbocycles. The van der Waals surface area contributed by atoms with Gasteiger partial charge in [0, 0.05) is 25.3 Å². The van der Waals surface area contributed by atoms with Gasteiger partial charge in [0.05, 0.1) is 21.5 Å². The summed E-state index contributed by atoms with van der Waals surface area (Å²) in [5.74, 6) is 0. The maximum Gasteiger partial charge on any atom is 0.0736 e. The molecular formula is C41H25NS2. The van der Waals surface area contributed by atoms with Gasteiger partial charge in [-0.2, -0.15) is 0 Å². The zero-order chi connectivity index (χ0) is 28.8. The van der Waals surface area contributed by atoms with Crippen LogP contribution in [0.3, 0.4) is 0 Å². The average molecular weight is 596 g/mol. The Bertz CT molecular complexity index is 2470. The molecule has 10 rings (SSSR count). The largest absolute Gasteiger partial charge is 0.353 e. The molecule has 2 heterocycles. The molecule has 7 aromatic carbocycles. The maximum absolute atomic E-state index is 3.94. The lowest BCUT2D eigenvalue weighted by atomic mass is 9.67. The molecule has 0 radical (unpaired) electrons. The summed E-state index contributed by atoms with van der Waals surface area (Å²) in [5, 5.41) is 9.13. The van der Waals surface area contributed by atoms with Gasteiger partial charge in [-0.15, -0.1) is 11.3 Å². The Morgan fingerprint density at radius 3 is 2.09 bits per heavy atom. The standard InChI is InChI=1S/C41H25NS2/c1-2-12-26-24-34-30(23-25(26)11-1)27-13-3-5-16-31(27)41(34)32-17-6-8-22-38(32)44-40-33(41)18-10-20-36(40)42-35-19-9-15-29-28-14-4-7-21-37(28)43-39(29)35/h1-24,42H. The second kappa shape index (κ2) is 9.09. The van der Waals surface area contributed by atoms with Gasteiger partial charge in [-0.3, -0.25) is 0 Å². The lowest BCUT2D eigenvalue weighted by Gasteiger charge is -2.40. The first kappa shape index (κ1) is 24.6. The lowest BCUT2D eigenvalue weighted by Crippen LogP contribution is -2.32. The van der Waals surface area contributed by atoms with Crippen molar-refractivity contribution in [3.05, 3.63) is 168 Å². The topological polar surface area (TPSA) is 12.0 Å². The highest BCUT2D eigenvalue weighted by molar-refractivity contribution is 7.99. The van der Waals surface area contributed by atoms with E-state index < -0.39 is 5.41 Å². The van der Waals surface area contributed by atoms with Crippen molar-refractivity contribution in [1.29, 1.82) is 0 Å². The minimum atomic E-state index is -0.408. The van der Waals surface area contributed by atoms with Crippen LogP contribution >= 0.6 is 23.1 Å². The van der Waals surface area contributed by atoms with Crippen LogP contribution in [0.25, 0.3) is 42.1 Å². The van der Waals surface area contributed by atoms with E-state index in [-0.39, 0.29) is 0 Å². The van der Waals surface area contributed by atoms with Crippen LogP contribution in [0.1, 0.15) is 22.3 Å². The van der Waals surface area contributed by atoms with E-state index in [2.05, 4.69) is 151 Å².